The standard InChI is InChI=1S/C21H36/c1-3-5-7-19-10-14-21(15-11-19)17-16-20-12-8-18(6-4-2)9-13-20/h5,7,16-21H,3-4,6,8-15H2,1-2H3/b7-5+,17-16+. The molecule has 0 aromatic heterocycles. The minimum absolute atomic E-state index is 0.874. The summed E-state index contributed by atoms with van der Waals surface area (Å²) in [6.07, 6.45) is 25.6. The SMILES string of the molecule is CC/C=C/C1CCC(/C=C/C2CCC(CCC)CC2)CC1. The van der Waals surface area contributed by atoms with E-state index in [0.717, 1.165) is 23.7 Å². The van der Waals surface area contributed by atoms with E-state index in [-0.39, 0.29) is 0 Å². The van der Waals surface area contributed by atoms with Gasteiger partial charge in [-0.25, -0.2) is 0 Å². The lowest BCUT2D eigenvalue weighted by Crippen LogP contribution is -2.14. The normalized spacial score (nSPS) is 34.8. The first-order valence-electron chi connectivity index (χ1n) is 9.66. The van der Waals surface area contributed by atoms with Gasteiger partial charge < -0.3 is 0 Å². The van der Waals surface area contributed by atoms with Crippen LogP contribution >= 0.6 is 0 Å². The van der Waals surface area contributed by atoms with Crippen LogP contribution in [0.15, 0.2) is 24.3 Å². The quantitative estimate of drug-likeness (QED) is 0.465. The zero-order valence-corrected chi connectivity index (χ0v) is 14.4. The highest BCUT2D eigenvalue weighted by atomic mass is 14.3. The largest absolute Gasteiger partial charge is 0.0885 e. The number of hydrogen-bond acceptors (Lipinski definition) is 0. The molecule has 0 unspecified atom stereocenters. The van der Waals surface area contributed by atoms with Crippen LogP contribution in [0.1, 0.15) is 84.5 Å². The molecule has 120 valence electrons. The fourth-order valence-corrected chi connectivity index (χ4v) is 4.25. The first-order chi connectivity index (χ1) is 10.3. The van der Waals surface area contributed by atoms with Crippen molar-refractivity contribution in [1.29, 1.82) is 0 Å². The van der Waals surface area contributed by atoms with Crippen LogP contribution in [-0.2, 0) is 0 Å². The Hall–Kier alpha value is -0.520. The molecule has 2 rings (SSSR count). The van der Waals surface area contributed by atoms with E-state index < -0.39 is 0 Å². The highest BCUT2D eigenvalue weighted by Gasteiger charge is 2.20. The topological polar surface area (TPSA) is 0 Å². The second-order valence-corrected chi connectivity index (χ2v) is 7.47. The van der Waals surface area contributed by atoms with Crippen LogP contribution in [0.5, 0.6) is 0 Å². The van der Waals surface area contributed by atoms with E-state index in [4.69, 9.17) is 0 Å². The van der Waals surface area contributed by atoms with E-state index in [1.54, 1.807) is 0 Å². The molecule has 2 saturated carbocycles. The van der Waals surface area contributed by atoms with Gasteiger partial charge in [-0.15, -0.1) is 0 Å². The molecule has 21 heavy (non-hydrogen) atoms. The Balaban J connectivity index is 1.65. The van der Waals surface area contributed by atoms with Gasteiger partial charge in [0.25, 0.3) is 0 Å². The van der Waals surface area contributed by atoms with Crippen LogP contribution < -0.4 is 0 Å². The van der Waals surface area contributed by atoms with Crippen molar-refractivity contribution in [3.8, 4) is 0 Å². The minimum atomic E-state index is 0.874. The molecular formula is C21H36. The third-order valence-corrected chi connectivity index (χ3v) is 5.70. The molecular weight excluding hydrogens is 252 g/mol. The number of hydrogen-bond donors (Lipinski definition) is 0. The monoisotopic (exact) mass is 288 g/mol. The lowest BCUT2D eigenvalue weighted by Gasteiger charge is -2.28. The summed E-state index contributed by atoms with van der Waals surface area (Å²) in [5, 5.41) is 0. The molecule has 0 heterocycles. The molecule has 2 fully saturated rings. The highest BCUT2D eigenvalue weighted by molar-refractivity contribution is 4.98. The summed E-state index contributed by atoms with van der Waals surface area (Å²) in [7, 11) is 0. The van der Waals surface area contributed by atoms with Gasteiger partial charge in [-0.05, 0) is 81.5 Å². The molecule has 2 aliphatic carbocycles. The molecule has 0 heteroatoms. The van der Waals surface area contributed by atoms with Gasteiger partial charge >= 0.3 is 0 Å². The van der Waals surface area contributed by atoms with E-state index in [1.165, 1.54) is 70.6 Å². The van der Waals surface area contributed by atoms with Crippen LogP contribution in [0.4, 0.5) is 0 Å². The van der Waals surface area contributed by atoms with Crippen molar-refractivity contribution >= 4 is 0 Å². The molecule has 0 atom stereocenters. The Morgan fingerprint density at radius 1 is 0.667 bits per heavy atom. The van der Waals surface area contributed by atoms with E-state index >= 15 is 0 Å². The Labute approximate surface area is 133 Å². The maximum Gasteiger partial charge on any atom is -0.0233 e. The molecule has 0 N–H and O–H groups in total. The average Bonchev–Trinajstić information content (AvgIpc) is 2.53. The molecule has 0 aromatic rings. The van der Waals surface area contributed by atoms with Crippen molar-refractivity contribution in [3.63, 3.8) is 0 Å². The van der Waals surface area contributed by atoms with Gasteiger partial charge in [0.2, 0.25) is 0 Å². The summed E-state index contributed by atoms with van der Waals surface area (Å²) in [6.45, 7) is 4.57. The molecule has 0 amide bonds. The van der Waals surface area contributed by atoms with Gasteiger partial charge in [0.15, 0.2) is 0 Å². The lowest BCUT2D eigenvalue weighted by atomic mass is 9.78. The van der Waals surface area contributed by atoms with Crippen molar-refractivity contribution in [2.24, 2.45) is 23.7 Å². The van der Waals surface area contributed by atoms with Crippen molar-refractivity contribution in [2.75, 3.05) is 0 Å². The Bertz CT molecular complexity index is 309. The average molecular weight is 289 g/mol. The van der Waals surface area contributed by atoms with E-state index in [9.17, 15) is 0 Å². The first kappa shape index (κ1) is 16.8. The zero-order chi connectivity index (χ0) is 14.9. The Morgan fingerprint density at radius 3 is 1.62 bits per heavy atom. The fraction of sp³-hybridized carbons (Fsp3) is 0.810. The maximum absolute atomic E-state index is 2.59. The van der Waals surface area contributed by atoms with Crippen LogP contribution in [0.3, 0.4) is 0 Å². The van der Waals surface area contributed by atoms with E-state index in [0.29, 0.717) is 0 Å². The van der Waals surface area contributed by atoms with Gasteiger partial charge in [0.1, 0.15) is 0 Å². The van der Waals surface area contributed by atoms with Crippen LogP contribution in [0.2, 0.25) is 0 Å². The van der Waals surface area contributed by atoms with Crippen LogP contribution in [0.25, 0.3) is 0 Å². The smallest absolute Gasteiger partial charge is 0.0233 e. The number of allylic oxidation sites excluding steroid dienone is 4. The number of rotatable bonds is 6. The first-order valence-corrected chi connectivity index (χ1v) is 9.66. The molecule has 2 aliphatic rings. The molecule has 0 spiro atoms. The third-order valence-electron chi connectivity index (χ3n) is 5.70. The van der Waals surface area contributed by atoms with Gasteiger partial charge in [-0.1, -0.05) is 51.0 Å². The van der Waals surface area contributed by atoms with Crippen molar-refractivity contribution in [1.82, 2.24) is 0 Å². The summed E-state index contributed by atoms with van der Waals surface area (Å²) in [4.78, 5) is 0. The van der Waals surface area contributed by atoms with Crippen LogP contribution in [-0.4, -0.2) is 0 Å². The van der Waals surface area contributed by atoms with Gasteiger partial charge in [-0.2, -0.15) is 0 Å². The lowest BCUT2D eigenvalue weighted by molar-refractivity contribution is 0.292. The molecule has 0 nitrogen and oxygen atoms in total. The Morgan fingerprint density at radius 2 is 1.14 bits per heavy atom. The van der Waals surface area contributed by atoms with Gasteiger partial charge in [-0.3, -0.25) is 0 Å². The summed E-state index contributed by atoms with van der Waals surface area (Å²) >= 11 is 0. The molecule has 0 bridgehead atoms. The maximum atomic E-state index is 2.59. The summed E-state index contributed by atoms with van der Waals surface area (Å²) in [5.41, 5.74) is 0. The van der Waals surface area contributed by atoms with Crippen molar-refractivity contribution in [2.45, 2.75) is 84.5 Å². The second-order valence-electron chi connectivity index (χ2n) is 7.47. The molecule has 0 aliphatic heterocycles. The Kier molecular flexibility index (Phi) is 7.61. The summed E-state index contributed by atoms with van der Waals surface area (Å²) in [5.74, 6) is 3.69. The van der Waals surface area contributed by atoms with Crippen molar-refractivity contribution in [3.05, 3.63) is 24.3 Å². The third kappa shape index (κ3) is 6.01. The second kappa shape index (κ2) is 9.49. The predicted octanol–water partition coefficient (Wildman–Crippen LogP) is 6.92. The van der Waals surface area contributed by atoms with Gasteiger partial charge in [0, 0.05) is 0 Å². The van der Waals surface area contributed by atoms with E-state index in [2.05, 4.69) is 38.2 Å². The highest BCUT2D eigenvalue weighted by Crippen LogP contribution is 2.34. The van der Waals surface area contributed by atoms with Gasteiger partial charge in [0.05, 0.1) is 0 Å². The summed E-state index contributed by atoms with van der Waals surface area (Å²) < 4.78 is 0. The minimum Gasteiger partial charge on any atom is -0.0885 e. The molecule has 0 saturated heterocycles. The van der Waals surface area contributed by atoms with Crippen molar-refractivity contribution < 1.29 is 0 Å². The molecule has 0 aromatic carbocycles. The van der Waals surface area contributed by atoms with Crippen LogP contribution in [0, 0.1) is 23.7 Å². The molecule has 0 radical (unpaired) electrons. The summed E-state index contributed by atoms with van der Waals surface area (Å²) in [6, 6.07) is 0. The zero-order valence-electron chi connectivity index (χ0n) is 14.4. The van der Waals surface area contributed by atoms with E-state index in [1.807, 2.05) is 0 Å². The predicted molar refractivity (Wildman–Crippen MR) is 94.4 cm³/mol. The fourth-order valence-electron chi connectivity index (χ4n) is 4.25.